The fraction of sp³-hybridized carbons (Fsp3) is 0.719. The van der Waals surface area contributed by atoms with Crippen molar-refractivity contribution in [2.75, 3.05) is 45.8 Å². The van der Waals surface area contributed by atoms with Crippen molar-refractivity contribution < 1.29 is 38.5 Å². The Labute approximate surface area is 262 Å². The summed E-state index contributed by atoms with van der Waals surface area (Å²) in [7, 11) is 0. The van der Waals surface area contributed by atoms with Crippen LogP contribution in [0.1, 0.15) is 91.3 Å². The van der Waals surface area contributed by atoms with Crippen LogP contribution < -0.4 is 0 Å². The average molecular weight is 621 g/mol. The maximum absolute atomic E-state index is 13.3. The number of carboxylic acid groups (broad SMARTS) is 1. The van der Waals surface area contributed by atoms with E-state index in [9.17, 15) is 24.3 Å². The van der Waals surface area contributed by atoms with Crippen LogP contribution in [-0.4, -0.2) is 117 Å². The van der Waals surface area contributed by atoms with Crippen LogP contribution in [0.3, 0.4) is 0 Å². The summed E-state index contributed by atoms with van der Waals surface area (Å²) >= 11 is 0. The number of ether oxygens (including phenoxy) is 3. The van der Waals surface area contributed by atoms with Crippen LogP contribution in [0.25, 0.3) is 0 Å². The van der Waals surface area contributed by atoms with Gasteiger partial charge in [0.2, 0.25) is 0 Å². The summed E-state index contributed by atoms with van der Waals surface area (Å²) in [4.78, 5) is 60.8. The van der Waals surface area contributed by atoms with Crippen LogP contribution >= 0.6 is 0 Å². The van der Waals surface area contributed by atoms with Gasteiger partial charge in [-0.15, -0.1) is 0 Å². The minimum atomic E-state index is -0.994. The largest absolute Gasteiger partial charge is 0.481 e. The molecule has 0 aliphatic carbocycles. The molecule has 0 aromatic carbocycles. The van der Waals surface area contributed by atoms with Gasteiger partial charge in [-0.25, -0.2) is 9.78 Å². The third-order valence-electron chi connectivity index (χ3n) is 6.46. The Hall–Kier alpha value is -3.09. The highest BCUT2D eigenvalue weighted by Crippen LogP contribution is 2.18. The first-order valence-corrected chi connectivity index (χ1v) is 15.3. The summed E-state index contributed by atoms with van der Waals surface area (Å²) in [5.74, 6) is -2.32. The van der Waals surface area contributed by atoms with Crippen LogP contribution in [0.15, 0.2) is 18.2 Å². The topological polar surface area (TPSA) is 139 Å². The maximum atomic E-state index is 13.3. The van der Waals surface area contributed by atoms with Crippen molar-refractivity contribution in [2.24, 2.45) is 0 Å². The summed E-state index contributed by atoms with van der Waals surface area (Å²) in [5, 5.41) is 9.41. The molecule has 0 spiro atoms. The fourth-order valence-electron chi connectivity index (χ4n) is 4.66. The highest BCUT2D eigenvalue weighted by molar-refractivity contribution is 5.87. The van der Waals surface area contributed by atoms with Crippen LogP contribution in [0.2, 0.25) is 0 Å². The van der Waals surface area contributed by atoms with Gasteiger partial charge in [0, 0.05) is 52.2 Å². The van der Waals surface area contributed by atoms with Crippen molar-refractivity contribution in [3.63, 3.8) is 0 Å². The van der Waals surface area contributed by atoms with E-state index in [0.29, 0.717) is 51.5 Å². The van der Waals surface area contributed by atoms with E-state index in [1.54, 1.807) is 53.7 Å². The number of pyridine rings is 1. The number of aromatic nitrogens is 1. The molecule has 1 N–H and O–H groups in total. The van der Waals surface area contributed by atoms with E-state index in [1.165, 1.54) is 0 Å². The molecule has 1 aliphatic heterocycles. The molecule has 0 saturated carbocycles. The molecule has 12 heteroatoms. The van der Waals surface area contributed by atoms with Gasteiger partial charge in [-0.05, 0) is 80.9 Å². The van der Waals surface area contributed by atoms with Gasteiger partial charge in [0.05, 0.1) is 12.2 Å². The second-order valence-electron chi connectivity index (χ2n) is 14.2. The lowest BCUT2D eigenvalue weighted by molar-refractivity contribution is -0.162. The number of hydrogen-bond donors (Lipinski definition) is 1. The van der Waals surface area contributed by atoms with E-state index >= 15 is 0 Å². The predicted octanol–water partition coefficient (Wildman–Crippen LogP) is 3.37. The molecule has 44 heavy (non-hydrogen) atoms. The summed E-state index contributed by atoms with van der Waals surface area (Å²) in [6.07, 6.45) is -0.0943. The standard InChI is InChI=1S/C32H52N4O8/c1-30(2,3)42-27(39)22-35-16-15-34(21-23-11-10-12-24(33-23)28(40)43-31(4,5)6)17-19-36(20-18-35)25(13-14-26(37)38)29(41)44-32(7,8)9/h10-12,25H,13-22H2,1-9H3,(H,37,38)/t25-/m1/s1. The monoisotopic (exact) mass is 620 g/mol. The van der Waals surface area contributed by atoms with Gasteiger partial charge in [0.25, 0.3) is 0 Å². The number of rotatable bonds is 10. The number of carbonyl (C=O) groups is 4. The van der Waals surface area contributed by atoms with E-state index in [0.717, 1.165) is 0 Å². The lowest BCUT2D eigenvalue weighted by Gasteiger charge is -2.33. The van der Waals surface area contributed by atoms with E-state index in [1.807, 2.05) is 36.6 Å². The molecular formula is C32H52N4O8. The van der Waals surface area contributed by atoms with Gasteiger partial charge in [0.15, 0.2) is 0 Å². The molecule has 0 bridgehead atoms. The number of carbonyl (C=O) groups excluding carboxylic acids is 3. The first kappa shape index (κ1) is 37.1. The normalized spacial score (nSPS) is 17.1. The van der Waals surface area contributed by atoms with E-state index < -0.39 is 40.8 Å². The second kappa shape index (κ2) is 15.8. The molecule has 2 heterocycles. The van der Waals surface area contributed by atoms with Crippen molar-refractivity contribution >= 4 is 23.9 Å². The van der Waals surface area contributed by atoms with Gasteiger partial charge >= 0.3 is 23.9 Å². The fourth-order valence-corrected chi connectivity index (χ4v) is 4.66. The Morgan fingerprint density at radius 3 is 1.91 bits per heavy atom. The van der Waals surface area contributed by atoms with Crippen LogP contribution in [0, 0.1) is 0 Å². The summed E-state index contributed by atoms with van der Waals surface area (Å²) in [5.41, 5.74) is -1.13. The van der Waals surface area contributed by atoms with Gasteiger partial charge in [-0.3, -0.25) is 29.1 Å². The molecule has 1 saturated heterocycles. The van der Waals surface area contributed by atoms with Gasteiger partial charge in [-0.1, -0.05) is 6.07 Å². The van der Waals surface area contributed by atoms with Crippen molar-refractivity contribution in [3.8, 4) is 0 Å². The van der Waals surface area contributed by atoms with Crippen molar-refractivity contribution in [1.29, 1.82) is 0 Å². The Bertz CT molecular complexity index is 1140. The molecule has 2 rings (SSSR count). The molecule has 1 fully saturated rings. The van der Waals surface area contributed by atoms with Crippen molar-refractivity contribution in [2.45, 2.75) is 105 Å². The summed E-state index contributed by atoms with van der Waals surface area (Å²) < 4.78 is 16.8. The van der Waals surface area contributed by atoms with Crippen molar-refractivity contribution in [3.05, 3.63) is 29.6 Å². The quantitative estimate of drug-likeness (QED) is 0.303. The molecule has 1 aromatic heterocycles. The number of nitrogens with zero attached hydrogens (tertiary/aromatic N) is 4. The molecule has 0 unspecified atom stereocenters. The van der Waals surface area contributed by atoms with Gasteiger partial charge < -0.3 is 19.3 Å². The minimum absolute atomic E-state index is 0.0670. The highest BCUT2D eigenvalue weighted by Gasteiger charge is 2.32. The smallest absolute Gasteiger partial charge is 0.357 e. The molecule has 12 nitrogen and oxygen atoms in total. The SMILES string of the molecule is CC(C)(C)OC(=O)CN1CCN(Cc2cccc(C(=O)OC(C)(C)C)n2)CCN([C@H](CCC(=O)O)C(=O)OC(C)(C)C)CC1. The minimum Gasteiger partial charge on any atom is -0.481 e. The molecular weight excluding hydrogens is 568 g/mol. The van der Waals surface area contributed by atoms with Crippen molar-refractivity contribution in [1.82, 2.24) is 19.7 Å². The number of hydrogen-bond acceptors (Lipinski definition) is 11. The summed E-state index contributed by atoms with van der Waals surface area (Å²) in [6.45, 7) is 19.7. The number of esters is 3. The molecule has 0 radical (unpaired) electrons. The number of aliphatic carboxylic acids is 1. The van der Waals surface area contributed by atoms with Crippen LogP contribution in [-0.2, 0) is 35.1 Å². The Kier molecular flexibility index (Phi) is 13.3. The van der Waals surface area contributed by atoms with E-state index in [4.69, 9.17) is 14.2 Å². The molecule has 248 valence electrons. The summed E-state index contributed by atoms with van der Waals surface area (Å²) in [6, 6.07) is 4.45. The molecule has 1 aliphatic rings. The molecule has 1 aromatic rings. The maximum Gasteiger partial charge on any atom is 0.357 e. The van der Waals surface area contributed by atoms with E-state index in [2.05, 4.69) is 9.88 Å². The van der Waals surface area contributed by atoms with E-state index in [-0.39, 0.29) is 31.0 Å². The third-order valence-corrected chi connectivity index (χ3v) is 6.46. The second-order valence-corrected chi connectivity index (χ2v) is 14.2. The molecule has 0 amide bonds. The lowest BCUT2D eigenvalue weighted by atomic mass is 10.1. The predicted molar refractivity (Wildman–Crippen MR) is 165 cm³/mol. The Balaban J connectivity index is 2.34. The highest BCUT2D eigenvalue weighted by atomic mass is 16.6. The van der Waals surface area contributed by atoms with Gasteiger partial charge in [-0.2, -0.15) is 0 Å². The van der Waals surface area contributed by atoms with Gasteiger partial charge in [0.1, 0.15) is 28.5 Å². The van der Waals surface area contributed by atoms with Crippen LogP contribution in [0.4, 0.5) is 0 Å². The number of carboxylic acids is 1. The zero-order chi connectivity index (χ0) is 33.3. The van der Waals surface area contributed by atoms with Crippen LogP contribution in [0.5, 0.6) is 0 Å². The first-order valence-electron chi connectivity index (χ1n) is 15.3. The zero-order valence-corrected chi connectivity index (χ0v) is 28.0. The zero-order valence-electron chi connectivity index (χ0n) is 28.0. The lowest BCUT2D eigenvalue weighted by Crippen LogP contribution is -2.49. The third kappa shape index (κ3) is 14.6. The average Bonchev–Trinajstić information content (AvgIpc) is 2.92. The Morgan fingerprint density at radius 1 is 0.795 bits per heavy atom. The Morgan fingerprint density at radius 2 is 1.34 bits per heavy atom. The molecule has 1 atom stereocenters. The first-order chi connectivity index (χ1) is 20.2.